The summed E-state index contributed by atoms with van der Waals surface area (Å²) in [6, 6.07) is 3.28. The van der Waals surface area contributed by atoms with Gasteiger partial charge in [-0.25, -0.2) is 0 Å². The first-order valence-corrected chi connectivity index (χ1v) is 2.77. The topological polar surface area (TPSA) is 30.2 Å². The zero-order valence-electron chi connectivity index (χ0n) is 5.33. The highest BCUT2D eigenvalue weighted by atomic mass is 16.3. The van der Waals surface area contributed by atoms with Crippen molar-refractivity contribution in [2.75, 3.05) is 0 Å². The monoisotopic (exact) mass is 134 g/mol. The first-order valence-electron chi connectivity index (χ1n) is 2.77. The summed E-state index contributed by atoms with van der Waals surface area (Å²) in [5.74, 6) is 0.915. The zero-order valence-corrected chi connectivity index (χ0v) is 5.33. The Hall–Kier alpha value is -1.53. The van der Waals surface area contributed by atoms with Crippen LogP contribution in [-0.4, -0.2) is 6.29 Å². The van der Waals surface area contributed by atoms with Gasteiger partial charge in [-0.1, -0.05) is 6.58 Å². The molecule has 0 bridgehead atoms. The smallest absolute Gasteiger partial charge is 0.185 e. The molecule has 0 saturated carbocycles. The number of carbonyl (C=O) groups excluding carboxylic acids is 1. The Morgan fingerprint density at radius 1 is 1.50 bits per heavy atom. The van der Waals surface area contributed by atoms with Crippen LogP contribution >= 0.6 is 0 Å². The molecule has 0 N–H and O–H groups in total. The van der Waals surface area contributed by atoms with Gasteiger partial charge in [0.2, 0.25) is 0 Å². The number of hydrogen-bond donors (Lipinski definition) is 0. The maximum absolute atomic E-state index is 10.1. The van der Waals surface area contributed by atoms with E-state index in [1.165, 1.54) is 0 Å². The molecule has 1 rings (SSSR count). The van der Waals surface area contributed by atoms with Gasteiger partial charge < -0.3 is 4.42 Å². The first kappa shape index (κ1) is 6.59. The summed E-state index contributed by atoms with van der Waals surface area (Å²) < 4.78 is 4.95. The first-order chi connectivity index (χ1) is 4.86. The average molecular weight is 134 g/mol. The van der Waals surface area contributed by atoms with E-state index in [9.17, 15) is 4.79 Å². The van der Waals surface area contributed by atoms with Crippen LogP contribution in [0.25, 0.3) is 6.08 Å². The fourth-order valence-corrected chi connectivity index (χ4v) is 0.610. The molecule has 1 aromatic heterocycles. The Kier molecular flexibility index (Phi) is 1.88. The number of carbonyl (C=O) groups is 1. The van der Waals surface area contributed by atoms with Crippen LogP contribution < -0.4 is 0 Å². The number of aldehydes is 1. The molecule has 10 heavy (non-hydrogen) atoms. The third-order valence-electron chi connectivity index (χ3n) is 1.01. The largest absolute Gasteiger partial charge is 0.453 e. The van der Waals surface area contributed by atoms with Gasteiger partial charge in [0.1, 0.15) is 5.76 Å². The van der Waals surface area contributed by atoms with Gasteiger partial charge in [-0.2, -0.15) is 0 Å². The summed E-state index contributed by atoms with van der Waals surface area (Å²) in [7, 11) is 0. The lowest BCUT2D eigenvalue weighted by Crippen LogP contribution is -1.66. The molecule has 0 saturated heterocycles. The van der Waals surface area contributed by atoms with Gasteiger partial charge in [-0.3, -0.25) is 4.79 Å². The molecule has 2 nitrogen and oxygen atoms in total. The summed E-state index contributed by atoms with van der Waals surface area (Å²) in [4.78, 5) is 10.1. The number of rotatable bonds is 2. The fourth-order valence-electron chi connectivity index (χ4n) is 0.610. The van der Waals surface area contributed by atoms with E-state index in [1.54, 1.807) is 18.2 Å². The van der Waals surface area contributed by atoms with Gasteiger partial charge >= 0.3 is 0 Å². The van der Waals surface area contributed by atoms with Crippen molar-refractivity contribution in [1.82, 2.24) is 0 Å². The second kappa shape index (κ2) is 2.85. The van der Waals surface area contributed by atoms with E-state index < -0.39 is 0 Å². The van der Waals surface area contributed by atoms with Gasteiger partial charge in [-0.15, -0.1) is 5.73 Å². The van der Waals surface area contributed by atoms with Crippen LogP contribution in [0.2, 0.25) is 0 Å². The standard InChI is InChI=1S/C8H6O2/c1-2-3-7-4-5-8(6-9)10-7/h3-6H,1H2. The van der Waals surface area contributed by atoms with E-state index in [-0.39, 0.29) is 0 Å². The highest BCUT2D eigenvalue weighted by Gasteiger charge is 1.94. The van der Waals surface area contributed by atoms with Crippen molar-refractivity contribution in [2.24, 2.45) is 0 Å². The van der Waals surface area contributed by atoms with Crippen molar-refractivity contribution in [3.05, 3.63) is 36.0 Å². The lowest BCUT2D eigenvalue weighted by Gasteiger charge is -1.78. The predicted molar refractivity (Wildman–Crippen MR) is 37.7 cm³/mol. The van der Waals surface area contributed by atoms with Crippen molar-refractivity contribution in [3.63, 3.8) is 0 Å². The van der Waals surface area contributed by atoms with Gasteiger partial charge in [0.05, 0.1) is 0 Å². The van der Waals surface area contributed by atoms with Crippen LogP contribution in [0.3, 0.4) is 0 Å². The third kappa shape index (κ3) is 1.24. The van der Waals surface area contributed by atoms with E-state index in [4.69, 9.17) is 4.42 Å². The fraction of sp³-hybridized carbons (Fsp3) is 0. The Morgan fingerprint density at radius 3 is 2.70 bits per heavy atom. The lowest BCUT2D eigenvalue weighted by atomic mass is 10.4. The van der Waals surface area contributed by atoms with Gasteiger partial charge in [0, 0.05) is 6.08 Å². The quantitative estimate of drug-likeness (QED) is 0.456. The van der Waals surface area contributed by atoms with Crippen LogP contribution in [0.15, 0.2) is 28.9 Å². The van der Waals surface area contributed by atoms with Crippen LogP contribution in [-0.2, 0) is 0 Å². The molecule has 0 aliphatic rings. The SMILES string of the molecule is C=C=Cc1ccc(C=O)o1. The lowest BCUT2D eigenvalue weighted by molar-refractivity contribution is 0.110. The molecule has 0 spiro atoms. The van der Waals surface area contributed by atoms with Crippen molar-refractivity contribution < 1.29 is 9.21 Å². The Morgan fingerprint density at radius 2 is 2.20 bits per heavy atom. The minimum atomic E-state index is 0.321. The molecular formula is C8H6O2. The summed E-state index contributed by atoms with van der Waals surface area (Å²) in [6.45, 7) is 3.36. The number of hydrogen-bond acceptors (Lipinski definition) is 2. The molecule has 0 amide bonds. The maximum Gasteiger partial charge on any atom is 0.185 e. The molecule has 0 radical (unpaired) electrons. The van der Waals surface area contributed by atoms with Crippen LogP contribution in [0.1, 0.15) is 16.3 Å². The normalized spacial score (nSPS) is 8.40. The second-order valence-corrected chi connectivity index (χ2v) is 1.71. The molecule has 50 valence electrons. The zero-order chi connectivity index (χ0) is 7.40. The van der Waals surface area contributed by atoms with Gasteiger partial charge in [0.25, 0.3) is 0 Å². The molecule has 2 heteroatoms. The Labute approximate surface area is 58.5 Å². The Balaban J connectivity index is 2.98. The Bertz CT molecular complexity index is 277. The molecule has 0 unspecified atom stereocenters. The molecule has 0 atom stereocenters. The summed E-state index contributed by atoms with van der Waals surface area (Å²) in [5, 5.41) is 0. The second-order valence-electron chi connectivity index (χ2n) is 1.71. The highest BCUT2D eigenvalue weighted by molar-refractivity contribution is 5.71. The summed E-state index contributed by atoms with van der Waals surface area (Å²) in [5.41, 5.74) is 2.54. The van der Waals surface area contributed by atoms with Crippen molar-refractivity contribution >= 4 is 12.4 Å². The molecule has 0 fully saturated rings. The molecule has 0 aliphatic heterocycles. The van der Waals surface area contributed by atoms with Crippen molar-refractivity contribution in [2.45, 2.75) is 0 Å². The van der Waals surface area contributed by atoms with Crippen molar-refractivity contribution in [1.29, 1.82) is 0 Å². The third-order valence-corrected chi connectivity index (χ3v) is 1.01. The van der Waals surface area contributed by atoms with E-state index in [0.717, 1.165) is 0 Å². The van der Waals surface area contributed by atoms with E-state index in [0.29, 0.717) is 17.8 Å². The molecule has 1 heterocycles. The summed E-state index contributed by atoms with van der Waals surface area (Å²) >= 11 is 0. The highest BCUT2D eigenvalue weighted by Crippen LogP contribution is 2.05. The average Bonchev–Trinajstić information content (AvgIpc) is 2.37. The van der Waals surface area contributed by atoms with E-state index in [1.807, 2.05) is 0 Å². The molecular weight excluding hydrogens is 128 g/mol. The van der Waals surface area contributed by atoms with Crippen LogP contribution in [0.4, 0.5) is 0 Å². The summed E-state index contributed by atoms with van der Waals surface area (Å²) in [6.07, 6.45) is 2.22. The van der Waals surface area contributed by atoms with Crippen LogP contribution in [0.5, 0.6) is 0 Å². The number of furan rings is 1. The molecule has 0 aromatic carbocycles. The minimum Gasteiger partial charge on any atom is -0.453 e. The van der Waals surface area contributed by atoms with Gasteiger partial charge in [-0.05, 0) is 12.1 Å². The van der Waals surface area contributed by atoms with E-state index in [2.05, 4.69) is 12.3 Å². The van der Waals surface area contributed by atoms with Gasteiger partial charge in [0.15, 0.2) is 12.0 Å². The maximum atomic E-state index is 10.1. The minimum absolute atomic E-state index is 0.321. The van der Waals surface area contributed by atoms with E-state index >= 15 is 0 Å². The molecule has 0 aliphatic carbocycles. The predicted octanol–water partition coefficient (Wildman–Crippen LogP) is 1.89. The van der Waals surface area contributed by atoms with Crippen molar-refractivity contribution in [3.8, 4) is 0 Å². The van der Waals surface area contributed by atoms with Crippen LogP contribution in [0, 0.1) is 0 Å². The molecule has 1 aromatic rings.